The molecule has 0 aliphatic carbocycles. The van der Waals surface area contributed by atoms with Crippen molar-refractivity contribution in [3.05, 3.63) is 58.4 Å². The molecule has 1 aromatic carbocycles. The van der Waals surface area contributed by atoms with Crippen molar-refractivity contribution in [2.75, 3.05) is 13.6 Å². The molecule has 2 aromatic heterocycles. The molecule has 7 heteroatoms. The minimum atomic E-state index is -0.755. The molecule has 0 spiro atoms. The molecule has 152 valence electrons. The molecule has 29 heavy (non-hydrogen) atoms. The van der Waals surface area contributed by atoms with Crippen LogP contribution in [0.3, 0.4) is 0 Å². The predicted octanol–water partition coefficient (Wildman–Crippen LogP) is 5.73. The third-order valence-electron chi connectivity index (χ3n) is 4.53. The Hall–Kier alpha value is -2.67. The van der Waals surface area contributed by atoms with Crippen LogP contribution in [0.25, 0.3) is 11.3 Å². The third kappa shape index (κ3) is 5.03. The summed E-state index contributed by atoms with van der Waals surface area (Å²) >= 11 is 3.55. The number of aliphatic imine (C=N–C) groups is 1. The van der Waals surface area contributed by atoms with E-state index in [4.69, 9.17) is 9.26 Å². The number of aryl methyl sites for hydroxylation is 1. The summed E-state index contributed by atoms with van der Waals surface area (Å²) in [6, 6.07) is 13.7. The molecule has 0 amide bonds. The van der Waals surface area contributed by atoms with Crippen molar-refractivity contribution in [2.24, 2.45) is 4.99 Å². The van der Waals surface area contributed by atoms with Gasteiger partial charge in [0.05, 0.1) is 22.2 Å². The molecular formula is C22H25BrN4O2. The number of pyridine rings is 1. The summed E-state index contributed by atoms with van der Waals surface area (Å²) in [6.45, 7) is 8.71. The zero-order chi connectivity index (χ0) is 21.0. The summed E-state index contributed by atoms with van der Waals surface area (Å²) in [5.41, 5.74) is 2.57. The Balaban J connectivity index is 1.82. The maximum Gasteiger partial charge on any atom is 0.229 e. The van der Waals surface area contributed by atoms with Crippen molar-refractivity contribution < 1.29 is 9.26 Å². The van der Waals surface area contributed by atoms with Gasteiger partial charge in [-0.25, -0.2) is 9.98 Å². The van der Waals surface area contributed by atoms with Crippen molar-refractivity contribution in [3.63, 3.8) is 0 Å². The first-order valence-corrected chi connectivity index (χ1v) is 10.2. The van der Waals surface area contributed by atoms with E-state index in [9.17, 15) is 0 Å². The SMILES string of the molecule is CCN(C)C=Nc1cc(Br)c(OC(C)(C)c2cc(-c3ccccc3)no2)nc1C. The zero-order valence-corrected chi connectivity index (χ0v) is 18.9. The Morgan fingerprint density at radius 2 is 1.97 bits per heavy atom. The van der Waals surface area contributed by atoms with Crippen LogP contribution in [0.1, 0.15) is 32.2 Å². The highest BCUT2D eigenvalue weighted by Crippen LogP contribution is 2.35. The highest BCUT2D eigenvalue weighted by Gasteiger charge is 2.30. The lowest BCUT2D eigenvalue weighted by Gasteiger charge is -2.23. The molecule has 0 aliphatic rings. The fraction of sp³-hybridized carbons (Fsp3) is 0.318. The minimum absolute atomic E-state index is 0.480. The molecule has 6 nitrogen and oxygen atoms in total. The number of hydrogen-bond acceptors (Lipinski definition) is 5. The summed E-state index contributed by atoms with van der Waals surface area (Å²) < 4.78 is 12.5. The van der Waals surface area contributed by atoms with Crippen molar-refractivity contribution in [1.29, 1.82) is 0 Å². The number of aromatic nitrogens is 2. The number of halogens is 1. The van der Waals surface area contributed by atoms with Crippen LogP contribution in [0.4, 0.5) is 5.69 Å². The Labute approximate surface area is 179 Å². The zero-order valence-electron chi connectivity index (χ0n) is 17.3. The van der Waals surface area contributed by atoms with Crippen LogP contribution < -0.4 is 4.74 Å². The van der Waals surface area contributed by atoms with Gasteiger partial charge in [-0.15, -0.1) is 0 Å². The molecule has 0 fully saturated rings. The second-order valence-electron chi connectivity index (χ2n) is 7.25. The smallest absolute Gasteiger partial charge is 0.229 e. The fourth-order valence-electron chi connectivity index (χ4n) is 2.59. The molecule has 0 atom stereocenters. The van der Waals surface area contributed by atoms with Gasteiger partial charge in [-0.05, 0) is 49.7 Å². The molecule has 2 heterocycles. The Morgan fingerprint density at radius 3 is 2.66 bits per heavy atom. The van der Waals surface area contributed by atoms with Crippen LogP contribution in [0.5, 0.6) is 5.88 Å². The van der Waals surface area contributed by atoms with E-state index in [1.54, 1.807) is 6.34 Å². The maximum absolute atomic E-state index is 6.20. The minimum Gasteiger partial charge on any atom is -0.463 e. The largest absolute Gasteiger partial charge is 0.463 e. The van der Waals surface area contributed by atoms with E-state index in [0.717, 1.165) is 33.7 Å². The molecule has 0 bridgehead atoms. The molecule has 0 unspecified atom stereocenters. The molecule has 3 rings (SSSR count). The van der Waals surface area contributed by atoms with Crippen LogP contribution in [-0.4, -0.2) is 35.0 Å². The number of nitrogens with zero attached hydrogens (tertiary/aromatic N) is 4. The van der Waals surface area contributed by atoms with Gasteiger partial charge in [0.15, 0.2) is 11.4 Å². The number of benzene rings is 1. The average Bonchev–Trinajstić information content (AvgIpc) is 3.21. The molecule has 0 aliphatic heterocycles. The number of hydrogen-bond donors (Lipinski definition) is 0. The van der Waals surface area contributed by atoms with Gasteiger partial charge >= 0.3 is 0 Å². The van der Waals surface area contributed by atoms with Crippen LogP contribution in [-0.2, 0) is 5.60 Å². The van der Waals surface area contributed by atoms with Gasteiger partial charge in [0.25, 0.3) is 0 Å². The predicted molar refractivity (Wildman–Crippen MR) is 119 cm³/mol. The summed E-state index contributed by atoms with van der Waals surface area (Å²) in [6.07, 6.45) is 1.79. The summed E-state index contributed by atoms with van der Waals surface area (Å²) in [5.74, 6) is 1.10. The maximum atomic E-state index is 6.20. The van der Waals surface area contributed by atoms with Crippen LogP contribution in [0.2, 0.25) is 0 Å². The van der Waals surface area contributed by atoms with E-state index in [1.165, 1.54) is 0 Å². The standard InChI is InChI=1S/C22H25BrN4O2/c1-6-27(5)14-24-18-12-17(23)21(25-15(18)2)28-22(3,4)20-13-19(26-29-20)16-10-8-7-9-11-16/h7-14H,6H2,1-5H3. The summed E-state index contributed by atoms with van der Waals surface area (Å²) in [4.78, 5) is 11.1. The molecule has 0 radical (unpaired) electrons. The van der Waals surface area contributed by atoms with Crippen LogP contribution in [0.15, 0.2) is 56.5 Å². The monoisotopic (exact) mass is 456 g/mol. The van der Waals surface area contributed by atoms with E-state index in [2.05, 4.69) is 38.0 Å². The van der Waals surface area contributed by atoms with Crippen LogP contribution >= 0.6 is 15.9 Å². The first-order valence-electron chi connectivity index (χ1n) is 9.43. The van der Waals surface area contributed by atoms with E-state index in [1.807, 2.05) is 75.2 Å². The number of ether oxygens (including phenoxy) is 1. The van der Waals surface area contributed by atoms with Gasteiger partial charge in [0.1, 0.15) is 5.69 Å². The lowest BCUT2D eigenvalue weighted by atomic mass is 10.0. The van der Waals surface area contributed by atoms with Crippen molar-refractivity contribution >= 4 is 28.0 Å². The van der Waals surface area contributed by atoms with Crippen LogP contribution in [0, 0.1) is 6.92 Å². The van der Waals surface area contributed by atoms with Crippen molar-refractivity contribution in [2.45, 2.75) is 33.3 Å². The lowest BCUT2D eigenvalue weighted by Crippen LogP contribution is -2.25. The highest BCUT2D eigenvalue weighted by atomic mass is 79.9. The van der Waals surface area contributed by atoms with Gasteiger partial charge in [-0.2, -0.15) is 0 Å². The molecule has 0 saturated heterocycles. The van der Waals surface area contributed by atoms with E-state index < -0.39 is 5.60 Å². The average molecular weight is 457 g/mol. The first kappa shape index (κ1) is 21.0. The fourth-order valence-corrected chi connectivity index (χ4v) is 2.98. The molecule has 3 aromatic rings. The Kier molecular flexibility index (Phi) is 6.37. The highest BCUT2D eigenvalue weighted by molar-refractivity contribution is 9.10. The van der Waals surface area contributed by atoms with E-state index in [-0.39, 0.29) is 0 Å². The molecule has 0 N–H and O–H groups in total. The number of rotatable bonds is 7. The summed E-state index contributed by atoms with van der Waals surface area (Å²) in [5, 5.41) is 4.19. The lowest BCUT2D eigenvalue weighted by molar-refractivity contribution is 0.0687. The second kappa shape index (κ2) is 8.78. The van der Waals surface area contributed by atoms with Crippen molar-refractivity contribution in [1.82, 2.24) is 15.0 Å². The van der Waals surface area contributed by atoms with E-state index in [0.29, 0.717) is 11.6 Å². The van der Waals surface area contributed by atoms with Gasteiger partial charge < -0.3 is 14.2 Å². The topological polar surface area (TPSA) is 63.8 Å². The quantitative estimate of drug-likeness (QED) is 0.335. The second-order valence-corrected chi connectivity index (χ2v) is 8.11. The molecule has 0 saturated carbocycles. The first-order chi connectivity index (χ1) is 13.8. The normalized spacial score (nSPS) is 11.8. The summed E-state index contributed by atoms with van der Waals surface area (Å²) in [7, 11) is 1.97. The van der Waals surface area contributed by atoms with E-state index >= 15 is 0 Å². The van der Waals surface area contributed by atoms with Gasteiger partial charge in [-0.1, -0.05) is 35.5 Å². The molecular weight excluding hydrogens is 432 g/mol. The van der Waals surface area contributed by atoms with Gasteiger partial charge in [-0.3, -0.25) is 0 Å². The Morgan fingerprint density at radius 1 is 1.24 bits per heavy atom. The van der Waals surface area contributed by atoms with Gasteiger partial charge in [0, 0.05) is 25.2 Å². The van der Waals surface area contributed by atoms with Crippen molar-refractivity contribution in [3.8, 4) is 17.1 Å². The van der Waals surface area contributed by atoms with Gasteiger partial charge in [0.2, 0.25) is 5.88 Å². The Bertz CT molecular complexity index is 999. The third-order valence-corrected chi connectivity index (χ3v) is 5.09.